The Morgan fingerprint density at radius 1 is 1.25 bits per heavy atom. The molecule has 1 atom stereocenters. The van der Waals surface area contributed by atoms with Crippen LogP contribution in [0.1, 0.15) is 50.4 Å². The Balaban J connectivity index is 2.66. The Labute approximate surface area is 151 Å². The maximum atomic E-state index is 12.4. The lowest BCUT2D eigenvalue weighted by Crippen LogP contribution is -2.21. The zero-order valence-electron chi connectivity index (χ0n) is 14.8. The number of carbonyl (C=O) groups excluding carboxylic acids is 2. The molecule has 24 heavy (non-hydrogen) atoms. The van der Waals surface area contributed by atoms with Crippen molar-refractivity contribution >= 4 is 37.0 Å². The summed E-state index contributed by atoms with van der Waals surface area (Å²) in [6.45, 7) is 9.77. The summed E-state index contributed by atoms with van der Waals surface area (Å²) in [5, 5.41) is 2.33. The summed E-state index contributed by atoms with van der Waals surface area (Å²) in [6, 6.07) is 6.83. The number of Topliss-reactive ketones (excluding diaryl/α,β-unsaturated/α-hetero) is 1. The highest BCUT2D eigenvalue weighted by atomic mass is 32.2. The average Bonchev–Trinajstić information content (AvgIpc) is 2.62. The molecule has 5 heteroatoms. The predicted octanol–water partition coefficient (Wildman–Crippen LogP) is 4.65. The molecule has 1 unspecified atom stereocenters. The van der Waals surface area contributed by atoms with Gasteiger partial charge in [-0.2, -0.15) is 0 Å². The largest absolute Gasteiger partial charge is 0.325 e. The van der Waals surface area contributed by atoms with Crippen molar-refractivity contribution in [2.45, 2.75) is 50.6 Å². The van der Waals surface area contributed by atoms with Crippen molar-refractivity contribution in [1.82, 2.24) is 0 Å². The Morgan fingerprint density at radius 3 is 2.29 bits per heavy atom. The topological polar surface area (TPSA) is 46.2 Å². The number of nitrogens with one attached hydrogen (secondary N) is 1. The van der Waals surface area contributed by atoms with Gasteiger partial charge in [-0.25, -0.2) is 0 Å². The molecule has 1 aromatic rings. The first-order valence-electron chi connectivity index (χ1n) is 8.38. The number of hydrogen-bond acceptors (Lipinski definition) is 3. The minimum absolute atomic E-state index is 0.0289. The highest BCUT2D eigenvalue weighted by molar-refractivity contribution is 8.00. The molecule has 0 spiro atoms. The Kier molecular flexibility index (Phi) is 8.33. The van der Waals surface area contributed by atoms with Gasteiger partial charge in [0.15, 0.2) is 5.78 Å². The molecule has 0 aliphatic rings. The van der Waals surface area contributed by atoms with Gasteiger partial charge in [0.25, 0.3) is 0 Å². The zero-order chi connectivity index (χ0) is 18.2. The van der Waals surface area contributed by atoms with Crippen molar-refractivity contribution in [1.29, 1.82) is 0 Å². The quantitative estimate of drug-likeness (QED) is 0.382. The van der Waals surface area contributed by atoms with Crippen LogP contribution in [-0.2, 0) is 4.79 Å². The molecule has 0 aliphatic carbocycles. The van der Waals surface area contributed by atoms with Crippen LogP contribution in [0.25, 0.3) is 0 Å². The van der Waals surface area contributed by atoms with Crippen LogP contribution >= 0.6 is 11.8 Å². The Hall–Kier alpha value is -1.49. The molecule has 128 valence electrons. The molecule has 0 saturated carbocycles. The third-order valence-electron chi connectivity index (χ3n) is 4.16. The molecule has 3 nitrogen and oxygen atoms in total. The van der Waals surface area contributed by atoms with Gasteiger partial charge in [0.1, 0.15) is 0 Å². The summed E-state index contributed by atoms with van der Waals surface area (Å²) in [6.07, 6.45) is 4.10. The lowest BCUT2D eigenvalue weighted by atomic mass is 9.63. The number of ketones is 1. The van der Waals surface area contributed by atoms with Gasteiger partial charge in [-0.1, -0.05) is 26.8 Å². The number of benzene rings is 1. The van der Waals surface area contributed by atoms with Crippen LogP contribution in [0.15, 0.2) is 36.9 Å². The summed E-state index contributed by atoms with van der Waals surface area (Å²) < 4.78 is 0. The van der Waals surface area contributed by atoms with Gasteiger partial charge in [-0.3, -0.25) is 9.59 Å². The van der Waals surface area contributed by atoms with Crippen LogP contribution in [0.2, 0.25) is 5.31 Å². The second-order valence-corrected chi connectivity index (χ2v) is 7.09. The molecule has 1 aromatic carbocycles. The Bertz CT molecular complexity index is 569. The van der Waals surface area contributed by atoms with E-state index in [2.05, 4.69) is 25.7 Å². The number of allylic oxidation sites excluding steroid dienone is 1. The monoisotopic (exact) mass is 343 g/mol. The Morgan fingerprint density at radius 2 is 1.83 bits per heavy atom. The molecule has 2 radical (unpaired) electrons. The first-order chi connectivity index (χ1) is 11.4. The van der Waals surface area contributed by atoms with E-state index in [-0.39, 0.29) is 11.7 Å². The second kappa shape index (κ2) is 9.72. The van der Waals surface area contributed by atoms with Crippen LogP contribution in [0, 0.1) is 0 Å². The predicted molar refractivity (Wildman–Crippen MR) is 105 cm³/mol. The van der Waals surface area contributed by atoms with E-state index >= 15 is 0 Å². The van der Waals surface area contributed by atoms with E-state index < -0.39 is 5.31 Å². The highest BCUT2D eigenvalue weighted by Crippen LogP contribution is 2.32. The average molecular weight is 343 g/mol. The van der Waals surface area contributed by atoms with Gasteiger partial charge >= 0.3 is 0 Å². The normalized spacial score (nSPS) is 13.3. The molecule has 0 heterocycles. The number of thioether (sulfide) groups is 1. The van der Waals surface area contributed by atoms with Crippen LogP contribution in [-0.4, -0.2) is 30.5 Å². The molecule has 0 fully saturated rings. The molecule has 1 amide bonds. The molecular weight excluding hydrogens is 317 g/mol. The lowest BCUT2D eigenvalue weighted by Gasteiger charge is -2.22. The maximum Gasteiger partial charge on any atom is 0.234 e. The van der Waals surface area contributed by atoms with Crippen molar-refractivity contribution in [3.05, 3.63) is 42.5 Å². The number of carbonyl (C=O) groups is 2. The van der Waals surface area contributed by atoms with E-state index in [0.29, 0.717) is 28.7 Å². The lowest BCUT2D eigenvalue weighted by molar-refractivity contribution is -0.113. The fraction of sp³-hybridized carbons (Fsp3) is 0.474. The van der Waals surface area contributed by atoms with Crippen LogP contribution in [0.3, 0.4) is 0 Å². The van der Waals surface area contributed by atoms with Crippen molar-refractivity contribution < 1.29 is 9.59 Å². The van der Waals surface area contributed by atoms with E-state index in [1.807, 2.05) is 6.92 Å². The summed E-state index contributed by atoms with van der Waals surface area (Å²) in [5.74, 6) is 0.242. The van der Waals surface area contributed by atoms with Crippen molar-refractivity contribution in [2.75, 3.05) is 11.1 Å². The van der Waals surface area contributed by atoms with E-state index in [0.717, 1.165) is 12.8 Å². The molecule has 0 bridgehead atoms. The second-order valence-electron chi connectivity index (χ2n) is 5.80. The molecule has 0 aliphatic heterocycles. The van der Waals surface area contributed by atoms with E-state index in [1.54, 1.807) is 36.0 Å². The molecule has 1 N–H and O–H groups in total. The maximum absolute atomic E-state index is 12.4. The van der Waals surface area contributed by atoms with Crippen molar-refractivity contribution in [2.24, 2.45) is 0 Å². The molecule has 0 saturated heterocycles. The standard InChI is InChI=1S/C19H26BNO2S/c1-5-16(6-2)24-13-17(22)21-15-11-9-14(10-12-15)18(23)19(20,7-3)8-4/h7,9-12,16H,3,5-6,8,13H2,1-2,4H3,(H,21,22). The minimum atomic E-state index is -1.04. The first-order valence-corrected chi connectivity index (χ1v) is 9.43. The van der Waals surface area contributed by atoms with E-state index in [4.69, 9.17) is 7.85 Å². The number of amides is 1. The zero-order valence-corrected chi connectivity index (χ0v) is 15.6. The van der Waals surface area contributed by atoms with Gasteiger partial charge in [0.05, 0.1) is 13.6 Å². The summed E-state index contributed by atoms with van der Waals surface area (Å²) in [4.78, 5) is 24.4. The van der Waals surface area contributed by atoms with E-state index in [1.165, 1.54) is 6.08 Å². The summed E-state index contributed by atoms with van der Waals surface area (Å²) >= 11 is 1.67. The van der Waals surface area contributed by atoms with Crippen LogP contribution < -0.4 is 5.32 Å². The molecular formula is C19H26BNO2S. The first kappa shape index (κ1) is 20.6. The third kappa shape index (κ3) is 5.55. The van der Waals surface area contributed by atoms with Gasteiger partial charge in [0, 0.05) is 21.8 Å². The number of hydrogen-bond donors (Lipinski definition) is 1. The smallest absolute Gasteiger partial charge is 0.234 e. The van der Waals surface area contributed by atoms with Crippen molar-refractivity contribution in [3.63, 3.8) is 0 Å². The van der Waals surface area contributed by atoms with Gasteiger partial charge < -0.3 is 5.32 Å². The third-order valence-corrected chi connectivity index (χ3v) is 5.73. The summed E-state index contributed by atoms with van der Waals surface area (Å²) in [7, 11) is 6.04. The van der Waals surface area contributed by atoms with Crippen LogP contribution in [0.4, 0.5) is 5.69 Å². The molecule has 0 aromatic heterocycles. The van der Waals surface area contributed by atoms with Gasteiger partial charge in [-0.05, 0) is 43.5 Å². The minimum Gasteiger partial charge on any atom is -0.325 e. The highest BCUT2D eigenvalue weighted by Gasteiger charge is 2.27. The fourth-order valence-electron chi connectivity index (χ4n) is 2.29. The summed E-state index contributed by atoms with van der Waals surface area (Å²) in [5.41, 5.74) is 1.20. The van der Waals surface area contributed by atoms with E-state index in [9.17, 15) is 9.59 Å². The number of anilines is 1. The van der Waals surface area contributed by atoms with Crippen molar-refractivity contribution in [3.8, 4) is 0 Å². The molecule has 1 rings (SSSR count). The van der Waals surface area contributed by atoms with Gasteiger partial charge in [0.2, 0.25) is 5.91 Å². The fourth-order valence-corrected chi connectivity index (χ4v) is 3.22. The van der Waals surface area contributed by atoms with Crippen LogP contribution in [0.5, 0.6) is 0 Å². The SMILES string of the molecule is [B]C(C=C)(CC)C(=O)c1ccc(NC(=O)CSC(CC)CC)cc1. The number of rotatable bonds is 10. The van der Waals surface area contributed by atoms with Gasteiger partial charge in [-0.15, -0.1) is 18.3 Å².